The predicted octanol–water partition coefficient (Wildman–Crippen LogP) is 5.22. The monoisotopic (exact) mass is 399 g/mol. The summed E-state index contributed by atoms with van der Waals surface area (Å²) in [6.45, 7) is 9.49. The Kier molecular flexibility index (Phi) is 13.2. The van der Waals surface area contributed by atoms with Gasteiger partial charge >= 0.3 is 6.03 Å². The van der Waals surface area contributed by atoms with E-state index in [1.807, 2.05) is 37.4 Å². The lowest BCUT2D eigenvalue weighted by molar-refractivity contribution is 0.135. The number of carbonyl (C=O) groups excluding carboxylic acids is 1. The van der Waals surface area contributed by atoms with Crippen LogP contribution in [-0.4, -0.2) is 42.2 Å². The molecule has 5 heteroatoms. The molecule has 0 bridgehead atoms. The van der Waals surface area contributed by atoms with E-state index < -0.39 is 0 Å². The Hall–Kier alpha value is -2.40. The van der Waals surface area contributed by atoms with Gasteiger partial charge in [-0.25, -0.2) is 4.79 Å². The number of ether oxygens (including phenoxy) is 1. The molecule has 2 N–H and O–H groups in total. The number of hydrogen-bond donors (Lipinski definition) is 1. The summed E-state index contributed by atoms with van der Waals surface area (Å²) in [4.78, 5) is 17.4. The third-order valence-corrected chi connectivity index (χ3v) is 4.48. The molecule has 1 unspecified atom stereocenters. The SMILES string of the molecule is CCCN(CCC(c1ccccc1)c1cccnc1)C(N)=O.CCCOCCC. The molecule has 1 aromatic carbocycles. The van der Waals surface area contributed by atoms with Gasteiger partial charge in [-0.1, -0.05) is 57.2 Å². The summed E-state index contributed by atoms with van der Waals surface area (Å²) in [5.41, 5.74) is 7.86. The van der Waals surface area contributed by atoms with E-state index in [4.69, 9.17) is 10.5 Å². The van der Waals surface area contributed by atoms with Crippen molar-refractivity contribution >= 4 is 6.03 Å². The van der Waals surface area contributed by atoms with Gasteiger partial charge in [0.1, 0.15) is 0 Å². The Labute approximate surface area is 176 Å². The summed E-state index contributed by atoms with van der Waals surface area (Å²) in [7, 11) is 0. The van der Waals surface area contributed by atoms with Crippen LogP contribution in [0.3, 0.4) is 0 Å². The third kappa shape index (κ3) is 10.1. The van der Waals surface area contributed by atoms with Crippen molar-refractivity contribution < 1.29 is 9.53 Å². The molecule has 0 fully saturated rings. The second-order valence-electron chi connectivity index (χ2n) is 6.98. The summed E-state index contributed by atoms with van der Waals surface area (Å²) in [6, 6.07) is 14.0. The molecule has 1 aromatic heterocycles. The molecule has 5 nitrogen and oxygen atoms in total. The highest BCUT2D eigenvalue weighted by Crippen LogP contribution is 2.27. The standard InChI is InChI=1S/C18H23N3O.C6H14O/c1-2-12-21(18(19)22)13-10-17(15-7-4-3-5-8-15)16-9-6-11-20-14-16;1-3-5-7-6-4-2/h3-9,11,14,17H,2,10,12-13H2,1H3,(H2,19,22);3-6H2,1-2H3. The minimum absolute atomic E-state index is 0.216. The Morgan fingerprint density at radius 3 is 2.14 bits per heavy atom. The predicted molar refractivity (Wildman–Crippen MR) is 120 cm³/mol. The average molecular weight is 400 g/mol. The zero-order valence-electron chi connectivity index (χ0n) is 18.2. The van der Waals surface area contributed by atoms with Crippen molar-refractivity contribution in [1.29, 1.82) is 0 Å². The lowest BCUT2D eigenvalue weighted by Gasteiger charge is -2.24. The van der Waals surface area contributed by atoms with Gasteiger partial charge in [-0.3, -0.25) is 4.98 Å². The second-order valence-corrected chi connectivity index (χ2v) is 6.98. The minimum Gasteiger partial charge on any atom is -0.381 e. The number of hydrogen-bond acceptors (Lipinski definition) is 3. The van der Waals surface area contributed by atoms with Crippen LogP contribution in [0.25, 0.3) is 0 Å². The van der Waals surface area contributed by atoms with Gasteiger partial charge in [0, 0.05) is 44.6 Å². The Morgan fingerprint density at radius 2 is 1.62 bits per heavy atom. The number of carbonyl (C=O) groups is 1. The highest BCUT2D eigenvalue weighted by atomic mass is 16.5. The molecule has 1 atom stereocenters. The topological polar surface area (TPSA) is 68.5 Å². The number of nitrogens with two attached hydrogens (primary N) is 1. The van der Waals surface area contributed by atoms with Crippen molar-refractivity contribution in [3.05, 3.63) is 66.0 Å². The van der Waals surface area contributed by atoms with Crippen LogP contribution < -0.4 is 5.73 Å². The molecule has 160 valence electrons. The lowest BCUT2D eigenvalue weighted by atomic mass is 9.89. The van der Waals surface area contributed by atoms with Gasteiger partial charge in [0.25, 0.3) is 0 Å². The summed E-state index contributed by atoms with van der Waals surface area (Å²) in [5, 5.41) is 0. The number of pyridine rings is 1. The first-order valence-corrected chi connectivity index (χ1v) is 10.7. The molecular formula is C24H37N3O2. The van der Waals surface area contributed by atoms with Gasteiger partial charge < -0.3 is 15.4 Å². The van der Waals surface area contributed by atoms with E-state index in [-0.39, 0.29) is 11.9 Å². The molecule has 0 saturated heterocycles. The van der Waals surface area contributed by atoms with Crippen molar-refractivity contribution in [2.24, 2.45) is 5.73 Å². The molecular weight excluding hydrogens is 362 g/mol. The van der Waals surface area contributed by atoms with Crippen LogP contribution in [-0.2, 0) is 4.74 Å². The maximum Gasteiger partial charge on any atom is 0.314 e. The number of nitrogens with zero attached hydrogens (tertiary/aromatic N) is 2. The van der Waals surface area contributed by atoms with Gasteiger partial charge in [0.05, 0.1) is 0 Å². The van der Waals surface area contributed by atoms with Gasteiger partial charge in [-0.2, -0.15) is 0 Å². The van der Waals surface area contributed by atoms with Crippen LogP contribution in [0.1, 0.15) is 63.5 Å². The fraction of sp³-hybridized carbons (Fsp3) is 0.500. The summed E-state index contributed by atoms with van der Waals surface area (Å²) >= 11 is 0. The van der Waals surface area contributed by atoms with Gasteiger partial charge in [-0.05, 0) is 42.9 Å². The zero-order valence-corrected chi connectivity index (χ0v) is 18.2. The van der Waals surface area contributed by atoms with E-state index in [9.17, 15) is 4.79 Å². The molecule has 0 aliphatic rings. The lowest BCUT2D eigenvalue weighted by Crippen LogP contribution is -2.37. The van der Waals surface area contributed by atoms with Crippen molar-refractivity contribution in [2.75, 3.05) is 26.3 Å². The number of urea groups is 1. The van der Waals surface area contributed by atoms with Gasteiger partial charge in [0.2, 0.25) is 0 Å². The number of primary amides is 1. The molecule has 1 heterocycles. The minimum atomic E-state index is -0.347. The highest BCUT2D eigenvalue weighted by molar-refractivity contribution is 5.71. The van der Waals surface area contributed by atoms with Crippen LogP contribution in [0.15, 0.2) is 54.9 Å². The Bertz CT molecular complexity index is 606. The van der Waals surface area contributed by atoms with E-state index in [0.29, 0.717) is 13.1 Å². The maximum atomic E-state index is 11.5. The zero-order chi connectivity index (χ0) is 21.3. The van der Waals surface area contributed by atoms with Crippen LogP contribution in [0.5, 0.6) is 0 Å². The quantitative estimate of drug-likeness (QED) is 0.527. The van der Waals surface area contributed by atoms with Crippen molar-refractivity contribution in [3.63, 3.8) is 0 Å². The molecule has 2 rings (SSSR count). The molecule has 0 spiro atoms. The van der Waals surface area contributed by atoms with E-state index in [0.717, 1.165) is 44.5 Å². The van der Waals surface area contributed by atoms with Crippen molar-refractivity contribution in [3.8, 4) is 0 Å². The molecule has 29 heavy (non-hydrogen) atoms. The fourth-order valence-electron chi connectivity index (χ4n) is 3.07. The Balaban J connectivity index is 0.000000516. The molecule has 2 amide bonds. The van der Waals surface area contributed by atoms with Crippen molar-refractivity contribution in [2.45, 2.75) is 52.4 Å². The van der Waals surface area contributed by atoms with Crippen LogP contribution >= 0.6 is 0 Å². The average Bonchev–Trinajstić information content (AvgIpc) is 2.75. The van der Waals surface area contributed by atoms with E-state index in [1.54, 1.807) is 11.1 Å². The van der Waals surface area contributed by atoms with Gasteiger partial charge in [0.15, 0.2) is 0 Å². The summed E-state index contributed by atoms with van der Waals surface area (Å²) < 4.78 is 5.13. The van der Waals surface area contributed by atoms with E-state index in [1.165, 1.54) is 5.56 Å². The number of benzene rings is 1. The molecule has 0 aliphatic heterocycles. The molecule has 2 aromatic rings. The van der Waals surface area contributed by atoms with Crippen LogP contribution in [0.2, 0.25) is 0 Å². The number of aromatic nitrogens is 1. The summed E-state index contributed by atoms with van der Waals surface area (Å²) in [5.74, 6) is 0.216. The first-order valence-electron chi connectivity index (χ1n) is 10.7. The number of rotatable bonds is 11. The normalized spacial score (nSPS) is 11.3. The fourth-order valence-corrected chi connectivity index (χ4v) is 3.07. The largest absolute Gasteiger partial charge is 0.381 e. The van der Waals surface area contributed by atoms with Crippen molar-refractivity contribution in [1.82, 2.24) is 9.88 Å². The summed E-state index contributed by atoms with van der Waals surface area (Å²) in [6.07, 6.45) is 7.69. The van der Waals surface area contributed by atoms with E-state index in [2.05, 4.69) is 37.0 Å². The smallest absolute Gasteiger partial charge is 0.314 e. The number of amides is 2. The first-order chi connectivity index (χ1) is 14.1. The maximum absolute atomic E-state index is 11.5. The second kappa shape index (κ2) is 15.5. The Morgan fingerprint density at radius 1 is 0.966 bits per heavy atom. The van der Waals surface area contributed by atoms with Crippen LogP contribution in [0, 0.1) is 0 Å². The van der Waals surface area contributed by atoms with Crippen LogP contribution in [0.4, 0.5) is 4.79 Å². The molecule has 0 radical (unpaired) electrons. The highest BCUT2D eigenvalue weighted by Gasteiger charge is 2.17. The first kappa shape index (κ1) is 24.6. The van der Waals surface area contributed by atoms with Gasteiger partial charge in [-0.15, -0.1) is 0 Å². The third-order valence-electron chi connectivity index (χ3n) is 4.48. The molecule has 0 aliphatic carbocycles. The van der Waals surface area contributed by atoms with E-state index >= 15 is 0 Å². The molecule has 0 saturated carbocycles.